The van der Waals surface area contributed by atoms with Crippen LogP contribution in [-0.4, -0.2) is 34.1 Å². The first-order chi connectivity index (χ1) is 7.27. The van der Waals surface area contributed by atoms with E-state index in [9.17, 15) is 9.90 Å². The average molecular weight is 209 g/mol. The molecule has 0 amide bonds. The number of nitrogens with zero attached hydrogens (tertiary/aromatic N) is 1. The van der Waals surface area contributed by atoms with Crippen molar-refractivity contribution in [3.63, 3.8) is 0 Å². The van der Waals surface area contributed by atoms with Gasteiger partial charge in [0.2, 0.25) is 0 Å². The fourth-order valence-electron chi connectivity index (χ4n) is 3.84. The molecule has 3 heteroatoms. The summed E-state index contributed by atoms with van der Waals surface area (Å²) in [4.78, 5) is 13.6. The molecule has 84 valence electrons. The molecule has 1 atom stereocenters. The first-order valence-electron chi connectivity index (χ1n) is 6.27. The molecule has 3 nitrogen and oxygen atoms in total. The monoisotopic (exact) mass is 209 g/mol. The average Bonchev–Trinajstić information content (AvgIpc) is 2.72. The van der Waals surface area contributed by atoms with Crippen LogP contribution in [0, 0.1) is 5.92 Å². The number of carbonyl (C=O) groups is 1. The molecule has 4 rings (SSSR count). The Morgan fingerprint density at radius 3 is 2.33 bits per heavy atom. The van der Waals surface area contributed by atoms with Crippen molar-refractivity contribution in [3.8, 4) is 0 Å². The van der Waals surface area contributed by atoms with Gasteiger partial charge in [-0.25, -0.2) is 0 Å². The van der Waals surface area contributed by atoms with Gasteiger partial charge in [0.05, 0.1) is 0 Å². The summed E-state index contributed by atoms with van der Waals surface area (Å²) in [6.07, 6.45) is 8.69. The fraction of sp³-hybridized carbons (Fsp3) is 0.917. The molecule has 2 aliphatic heterocycles. The normalized spacial score (nSPS) is 41.5. The van der Waals surface area contributed by atoms with E-state index >= 15 is 0 Å². The molecule has 2 saturated carbocycles. The van der Waals surface area contributed by atoms with E-state index in [4.69, 9.17) is 0 Å². The van der Waals surface area contributed by atoms with Crippen LogP contribution < -0.4 is 0 Å². The summed E-state index contributed by atoms with van der Waals surface area (Å²) in [5.74, 6) is -0.111. The molecule has 1 N–H and O–H groups in total. The third kappa shape index (κ3) is 1.40. The van der Waals surface area contributed by atoms with Gasteiger partial charge >= 0.3 is 5.97 Å². The van der Waals surface area contributed by atoms with Crippen molar-refractivity contribution >= 4 is 5.97 Å². The van der Waals surface area contributed by atoms with Crippen molar-refractivity contribution in [1.82, 2.24) is 4.90 Å². The Kier molecular flexibility index (Phi) is 2.23. The second kappa shape index (κ2) is 3.48. The number of hydrogen-bond acceptors (Lipinski definition) is 2. The van der Waals surface area contributed by atoms with Gasteiger partial charge in [0, 0.05) is 12.1 Å². The number of rotatable bonds is 2. The zero-order chi connectivity index (χ0) is 10.4. The van der Waals surface area contributed by atoms with E-state index in [0.717, 1.165) is 12.8 Å². The zero-order valence-corrected chi connectivity index (χ0v) is 9.06. The maximum atomic E-state index is 11.3. The topological polar surface area (TPSA) is 40.5 Å². The lowest BCUT2D eigenvalue weighted by atomic mass is 9.83. The summed E-state index contributed by atoms with van der Waals surface area (Å²) in [6, 6.07) is 1.05. The lowest BCUT2D eigenvalue weighted by molar-refractivity contribution is -0.143. The Hall–Kier alpha value is -0.570. The Bertz CT molecular complexity index is 267. The van der Waals surface area contributed by atoms with Crippen molar-refractivity contribution in [1.29, 1.82) is 0 Å². The smallest absolute Gasteiger partial charge is 0.321 e. The van der Waals surface area contributed by atoms with E-state index in [1.54, 1.807) is 0 Å². The molecule has 2 heterocycles. The molecule has 4 fully saturated rings. The van der Waals surface area contributed by atoms with Crippen LogP contribution in [0.2, 0.25) is 0 Å². The van der Waals surface area contributed by atoms with Gasteiger partial charge < -0.3 is 5.11 Å². The van der Waals surface area contributed by atoms with Gasteiger partial charge in [-0.15, -0.1) is 0 Å². The molecule has 2 bridgehead atoms. The minimum atomic E-state index is -0.578. The molecule has 0 aromatic heterocycles. The summed E-state index contributed by atoms with van der Waals surface area (Å²) in [5.41, 5.74) is 0. The number of carboxylic acid groups (broad SMARTS) is 1. The third-order valence-electron chi connectivity index (χ3n) is 4.59. The van der Waals surface area contributed by atoms with E-state index < -0.39 is 5.97 Å². The van der Waals surface area contributed by atoms with Crippen LogP contribution in [0.1, 0.15) is 44.9 Å². The van der Waals surface area contributed by atoms with Crippen LogP contribution in [0.15, 0.2) is 0 Å². The molecular weight excluding hydrogens is 190 g/mol. The van der Waals surface area contributed by atoms with E-state index in [1.165, 1.54) is 32.1 Å². The van der Waals surface area contributed by atoms with Crippen molar-refractivity contribution in [3.05, 3.63) is 0 Å². The van der Waals surface area contributed by atoms with Crippen molar-refractivity contribution in [2.45, 2.75) is 63.1 Å². The first-order valence-corrected chi connectivity index (χ1v) is 6.27. The fourth-order valence-corrected chi connectivity index (χ4v) is 3.84. The Morgan fingerprint density at radius 2 is 1.73 bits per heavy atom. The number of aliphatic carboxylic acids is 1. The van der Waals surface area contributed by atoms with E-state index in [2.05, 4.69) is 4.90 Å². The molecule has 1 unspecified atom stereocenters. The summed E-state index contributed by atoms with van der Waals surface area (Å²) >= 11 is 0. The molecule has 0 radical (unpaired) electrons. The number of hydrogen-bond donors (Lipinski definition) is 1. The van der Waals surface area contributed by atoms with Crippen LogP contribution in [0.3, 0.4) is 0 Å². The Morgan fingerprint density at radius 1 is 1.07 bits per heavy atom. The van der Waals surface area contributed by atoms with Gasteiger partial charge in [-0.2, -0.15) is 0 Å². The van der Waals surface area contributed by atoms with Gasteiger partial charge in [-0.05, 0) is 31.6 Å². The Balaban J connectivity index is 1.76. The van der Waals surface area contributed by atoms with Crippen molar-refractivity contribution in [2.75, 3.05) is 0 Å². The molecule has 2 saturated heterocycles. The van der Waals surface area contributed by atoms with E-state index in [-0.39, 0.29) is 6.04 Å². The minimum absolute atomic E-state index is 0.141. The van der Waals surface area contributed by atoms with Crippen LogP contribution in [0.4, 0.5) is 0 Å². The van der Waals surface area contributed by atoms with Crippen molar-refractivity contribution in [2.24, 2.45) is 5.92 Å². The van der Waals surface area contributed by atoms with Crippen LogP contribution >= 0.6 is 0 Å². The highest BCUT2D eigenvalue weighted by Gasteiger charge is 2.55. The minimum Gasteiger partial charge on any atom is -0.480 e. The summed E-state index contributed by atoms with van der Waals surface area (Å²) < 4.78 is 0. The van der Waals surface area contributed by atoms with Gasteiger partial charge in [-0.3, -0.25) is 9.69 Å². The molecule has 15 heavy (non-hydrogen) atoms. The molecule has 0 spiro atoms. The van der Waals surface area contributed by atoms with Crippen molar-refractivity contribution < 1.29 is 9.90 Å². The predicted octanol–water partition coefficient (Wildman–Crippen LogP) is 1.87. The maximum absolute atomic E-state index is 11.3. The molecule has 2 aliphatic carbocycles. The van der Waals surface area contributed by atoms with Crippen LogP contribution in [0.5, 0.6) is 0 Å². The maximum Gasteiger partial charge on any atom is 0.321 e. The van der Waals surface area contributed by atoms with E-state index in [1.807, 2.05) is 0 Å². The Labute approximate surface area is 90.5 Å². The highest BCUT2D eigenvalue weighted by atomic mass is 16.4. The number of fused-ring (bicyclic) bond motifs is 1. The standard InChI is InChI=1S/C12H19NO2/c14-12(15)11-8-6-10(7-8)13(11)9-4-2-1-3-5-9/h8-11H,1-7H2,(H,14,15). The number of carboxylic acids is 1. The highest BCUT2D eigenvalue weighted by molar-refractivity contribution is 5.75. The lowest BCUT2D eigenvalue weighted by Crippen LogP contribution is -2.45. The van der Waals surface area contributed by atoms with E-state index in [0.29, 0.717) is 18.0 Å². The largest absolute Gasteiger partial charge is 0.480 e. The lowest BCUT2D eigenvalue weighted by Gasteiger charge is -2.35. The third-order valence-corrected chi connectivity index (χ3v) is 4.59. The molecule has 0 aromatic carbocycles. The summed E-state index contributed by atoms with van der Waals surface area (Å²) in [7, 11) is 0. The van der Waals surface area contributed by atoms with Gasteiger partial charge in [0.15, 0.2) is 0 Å². The summed E-state index contributed by atoms with van der Waals surface area (Å²) in [6.45, 7) is 0. The predicted molar refractivity (Wildman–Crippen MR) is 56.6 cm³/mol. The molecular formula is C12H19NO2. The van der Waals surface area contributed by atoms with Gasteiger partial charge in [-0.1, -0.05) is 19.3 Å². The molecule has 4 aliphatic rings. The second-order valence-electron chi connectivity index (χ2n) is 5.41. The summed E-state index contributed by atoms with van der Waals surface area (Å²) in [5, 5.41) is 9.27. The van der Waals surface area contributed by atoms with Crippen LogP contribution in [-0.2, 0) is 4.79 Å². The SMILES string of the molecule is O=C(O)C1C2CC(C2)N1C1CCCCC1. The first kappa shape index (κ1) is 9.64. The quantitative estimate of drug-likeness (QED) is 0.754. The van der Waals surface area contributed by atoms with Gasteiger partial charge in [0.1, 0.15) is 6.04 Å². The molecule has 0 aromatic rings. The van der Waals surface area contributed by atoms with Gasteiger partial charge in [0.25, 0.3) is 0 Å². The zero-order valence-electron chi connectivity index (χ0n) is 9.06. The highest BCUT2D eigenvalue weighted by Crippen LogP contribution is 2.48. The second-order valence-corrected chi connectivity index (χ2v) is 5.41. The van der Waals surface area contributed by atoms with Crippen LogP contribution in [0.25, 0.3) is 0 Å².